The summed E-state index contributed by atoms with van der Waals surface area (Å²) >= 11 is 0. The van der Waals surface area contributed by atoms with Gasteiger partial charge in [0.05, 0.1) is 37.1 Å². The standard InChI is InChI=1S/C35H50N4O7Si/c1-23-30(33(40)37-26-11-14-38(15-12-26)34(41)42)31-27(10-13-36-31)32(39(23)22-43-18-19-47(3,4)5)28-20-25(35(2)45-16-17-46-35)8-9-29(28)44-21-24-6-7-24/h8-10,13,20,24,26,32,36H,6-7,11-12,14-19,21-22H2,1-5H3,(H,37,40)(H,41,42). The second-order valence-corrected chi connectivity index (χ2v) is 20.3. The minimum Gasteiger partial charge on any atom is -0.493 e. The zero-order valence-electron chi connectivity index (χ0n) is 28.4. The number of likely N-dealkylation sites (tertiary alicyclic amines) is 1. The van der Waals surface area contributed by atoms with Gasteiger partial charge in [-0.05, 0) is 75.8 Å². The smallest absolute Gasteiger partial charge is 0.407 e. The number of carboxylic acid groups (broad SMARTS) is 1. The van der Waals surface area contributed by atoms with E-state index in [2.05, 4.69) is 40.9 Å². The van der Waals surface area contributed by atoms with E-state index in [1.807, 2.05) is 38.2 Å². The van der Waals surface area contributed by atoms with Crippen LogP contribution >= 0.6 is 0 Å². The van der Waals surface area contributed by atoms with Crippen LogP contribution in [0.4, 0.5) is 4.79 Å². The first-order valence-corrected chi connectivity index (χ1v) is 20.7. The summed E-state index contributed by atoms with van der Waals surface area (Å²) in [6.45, 7) is 14.4. The van der Waals surface area contributed by atoms with Crippen LogP contribution in [-0.2, 0) is 24.8 Å². The normalized spacial score (nSPS) is 21.6. The lowest BCUT2D eigenvalue weighted by Gasteiger charge is -2.40. The van der Waals surface area contributed by atoms with Crippen molar-refractivity contribution in [2.45, 2.75) is 83.1 Å². The number of piperidine rings is 1. The van der Waals surface area contributed by atoms with Crippen LogP contribution in [0.25, 0.3) is 5.57 Å². The number of rotatable bonds is 12. The average Bonchev–Trinajstić information content (AvgIpc) is 3.55. The number of carbonyl (C=O) groups excluding carboxylic acids is 1. The van der Waals surface area contributed by atoms with E-state index in [9.17, 15) is 14.7 Å². The molecule has 3 aliphatic heterocycles. The monoisotopic (exact) mass is 666 g/mol. The van der Waals surface area contributed by atoms with Gasteiger partial charge in [-0.2, -0.15) is 0 Å². The zero-order chi connectivity index (χ0) is 33.3. The zero-order valence-corrected chi connectivity index (χ0v) is 29.4. The third-order valence-corrected chi connectivity index (χ3v) is 11.5. The minimum atomic E-state index is -1.33. The number of benzene rings is 1. The first-order chi connectivity index (χ1) is 22.4. The molecule has 2 amide bonds. The fourth-order valence-corrected chi connectivity index (χ4v) is 7.42. The fraction of sp³-hybridized carbons (Fsp3) is 0.600. The summed E-state index contributed by atoms with van der Waals surface area (Å²) in [5, 5.41) is 12.6. The molecular formula is C35H50N4O7Si. The van der Waals surface area contributed by atoms with Crippen molar-refractivity contribution in [1.82, 2.24) is 20.1 Å². The molecule has 256 valence electrons. The number of ether oxygens (including phenoxy) is 4. The van der Waals surface area contributed by atoms with Crippen molar-refractivity contribution in [1.29, 1.82) is 0 Å². The quantitative estimate of drug-likeness (QED) is 0.194. The highest BCUT2D eigenvalue weighted by Gasteiger charge is 2.40. The molecular weight excluding hydrogens is 616 g/mol. The highest BCUT2D eigenvalue weighted by molar-refractivity contribution is 6.76. The number of nitrogens with zero attached hydrogens (tertiary/aromatic N) is 2. The van der Waals surface area contributed by atoms with E-state index in [1.54, 1.807) is 0 Å². The predicted molar refractivity (Wildman–Crippen MR) is 181 cm³/mol. The Morgan fingerprint density at radius 3 is 2.47 bits per heavy atom. The van der Waals surface area contributed by atoms with Crippen molar-refractivity contribution in [2.24, 2.45) is 5.92 Å². The first-order valence-electron chi connectivity index (χ1n) is 17.0. The van der Waals surface area contributed by atoms with Gasteiger partial charge in [-0.1, -0.05) is 19.6 Å². The number of nitrogens with one attached hydrogen (secondary N) is 2. The number of aromatic nitrogens is 1. The maximum absolute atomic E-state index is 14.1. The molecule has 1 saturated carbocycles. The third-order valence-electron chi connectivity index (χ3n) is 9.82. The molecule has 11 nitrogen and oxygen atoms in total. The molecule has 1 unspecified atom stereocenters. The molecule has 1 aliphatic carbocycles. The van der Waals surface area contributed by atoms with Crippen molar-refractivity contribution in [3.63, 3.8) is 0 Å². The SMILES string of the molecule is CC1=C(C(=O)NC2CCN(C(=O)O)CC2)c2[nH]ccc2C(c2cc(C3(C)OCCO3)ccc2OCC2CC2)N1COCC[Si](C)(C)C. The summed E-state index contributed by atoms with van der Waals surface area (Å²) in [4.78, 5) is 32.5. The van der Waals surface area contributed by atoms with Crippen molar-refractivity contribution in [3.8, 4) is 5.75 Å². The number of hydrogen-bond acceptors (Lipinski definition) is 7. The maximum atomic E-state index is 14.1. The second kappa shape index (κ2) is 13.7. The van der Waals surface area contributed by atoms with E-state index >= 15 is 0 Å². The van der Waals surface area contributed by atoms with Crippen LogP contribution in [0, 0.1) is 5.92 Å². The summed E-state index contributed by atoms with van der Waals surface area (Å²) < 4.78 is 25.1. The Morgan fingerprint density at radius 2 is 1.81 bits per heavy atom. The van der Waals surface area contributed by atoms with Gasteiger partial charge >= 0.3 is 6.09 Å². The van der Waals surface area contributed by atoms with Crippen molar-refractivity contribution < 1.29 is 33.6 Å². The number of fused-ring (bicyclic) bond motifs is 1. The van der Waals surface area contributed by atoms with Crippen molar-refractivity contribution in [2.75, 3.05) is 46.2 Å². The molecule has 3 N–H and O–H groups in total. The number of carbonyl (C=O) groups is 2. The van der Waals surface area contributed by atoms with E-state index in [0.29, 0.717) is 70.6 Å². The molecule has 2 saturated heterocycles. The Bertz CT molecular complexity index is 1480. The summed E-state index contributed by atoms with van der Waals surface area (Å²) in [5.74, 6) is 0.350. The van der Waals surface area contributed by atoms with Crippen LogP contribution in [0.5, 0.6) is 5.75 Å². The maximum Gasteiger partial charge on any atom is 0.407 e. The van der Waals surface area contributed by atoms with Crippen molar-refractivity contribution in [3.05, 3.63) is 58.5 Å². The Morgan fingerprint density at radius 1 is 1.09 bits per heavy atom. The fourth-order valence-electron chi connectivity index (χ4n) is 6.66. The molecule has 1 aromatic carbocycles. The molecule has 3 fully saturated rings. The Hall–Kier alpha value is -3.32. The van der Waals surface area contributed by atoms with Gasteiger partial charge in [-0.25, -0.2) is 4.79 Å². The lowest BCUT2D eigenvalue weighted by molar-refractivity contribution is -0.149. The molecule has 0 bridgehead atoms. The van der Waals surface area contributed by atoms with Crippen LogP contribution in [-0.4, -0.2) is 92.3 Å². The van der Waals surface area contributed by atoms with Crippen LogP contribution in [0.3, 0.4) is 0 Å². The van der Waals surface area contributed by atoms with Gasteiger partial charge in [0.1, 0.15) is 12.5 Å². The molecule has 47 heavy (non-hydrogen) atoms. The van der Waals surface area contributed by atoms with Gasteiger partial charge in [0.25, 0.3) is 5.91 Å². The van der Waals surface area contributed by atoms with Crippen molar-refractivity contribution >= 4 is 25.6 Å². The molecule has 6 rings (SSSR count). The average molecular weight is 667 g/mol. The molecule has 0 spiro atoms. The molecule has 0 radical (unpaired) electrons. The van der Waals surface area contributed by atoms with Gasteiger partial charge in [-0.3, -0.25) is 4.79 Å². The largest absolute Gasteiger partial charge is 0.493 e. The Labute approximate surface area is 278 Å². The van der Waals surface area contributed by atoms with E-state index < -0.39 is 20.0 Å². The third kappa shape index (κ3) is 7.56. The number of hydrogen-bond donors (Lipinski definition) is 3. The van der Waals surface area contributed by atoms with E-state index in [0.717, 1.165) is 39.9 Å². The number of H-pyrrole nitrogens is 1. The minimum absolute atomic E-state index is 0.109. The number of aromatic amines is 1. The van der Waals surface area contributed by atoms with Crippen LogP contribution < -0.4 is 10.1 Å². The molecule has 1 aromatic heterocycles. The molecule has 12 heteroatoms. The summed E-state index contributed by atoms with van der Waals surface area (Å²) in [7, 11) is -1.33. The Kier molecular flexibility index (Phi) is 9.75. The van der Waals surface area contributed by atoms with Gasteiger partial charge in [0, 0.05) is 62.4 Å². The molecule has 4 aliphatic rings. The highest BCUT2D eigenvalue weighted by atomic mass is 28.3. The predicted octanol–water partition coefficient (Wildman–Crippen LogP) is 5.73. The molecule has 4 heterocycles. The van der Waals surface area contributed by atoms with Gasteiger partial charge < -0.3 is 44.2 Å². The van der Waals surface area contributed by atoms with Crippen LogP contribution in [0.15, 0.2) is 36.2 Å². The summed E-state index contributed by atoms with van der Waals surface area (Å²) in [6.07, 6.45) is 4.49. The molecule has 2 aromatic rings. The lowest BCUT2D eigenvalue weighted by atomic mass is 9.87. The first kappa shape index (κ1) is 33.6. The van der Waals surface area contributed by atoms with Gasteiger partial charge in [0.2, 0.25) is 0 Å². The van der Waals surface area contributed by atoms with Gasteiger partial charge in [0.15, 0.2) is 5.79 Å². The number of amides is 2. The lowest BCUT2D eigenvalue weighted by Crippen LogP contribution is -2.47. The Balaban J connectivity index is 1.36. The molecule has 1 atom stereocenters. The highest BCUT2D eigenvalue weighted by Crippen LogP contribution is 2.46. The van der Waals surface area contributed by atoms with Crippen LogP contribution in [0.2, 0.25) is 25.7 Å². The summed E-state index contributed by atoms with van der Waals surface area (Å²) in [5.41, 5.74) is 4.99. The van der Waals surface area contributed by atoms with Gasteiger partial charge in [-0.15, -0.1) is 0 Å². The van der Waals surface area contributed by atoms with Crippen LogP contribution in [0.1, 0.15) is 68.0 Å². The topological polar surface area (TPSA) is 126 Å². The number of allylic oxidation sites excluding steroid dienone is 1. The van der Waals surface area contributed by atoms with E-state index in [1.165, 1.54) is 17.7 Å². The second-order valence-electron chi connectivity index (χ2n) is 14.7. The van der Waals surface area contributed by atoms with E-state index in [4.69, 9.17) is 18.9 Å². The summed E-state index contributed by atoms with van der Waals surface area (Å²) in [6, 6.07) is 8.87. The van der Waals surface area contributed by atoms with E-state index in [-0.39, 0.29) is 18.0 Å².